The van der Waals surface area contributed by atoms with Gasteiger partial charge in [-0.1, -0.05) is 42.5 Å². The maximum Gasteiger partial charge on any atom is 0.262 e. The van der Waals surface area contributed by atoms with E-state index in [0.717, 1.165) is 22.0 Å². The van der Waals surface area contributed by atoms with Gasteiger partial charge in [0.15, 0.2) is 6.61 Å². The first-order valence-electron chi connectivity index (χ1n) is 9.69. The second kappa shape index (κ2) is 8.37. The summed E-state index contributed by atoms with van der Waals surface area (Å²) in [5.74, 6) is 0.0900. The number of halogens is 1. The molecule has 3 aromatic carbocycles. The van der Waals surface area contributed by atoms with Crippen LogP contribution < -0.4 is 10.1 Å². The summed E-state index contributed by atoms with van der Waals surface area (Å²) in [5.41, 5.74) is 2.95. The standard InChI is InChI=1S/C24H22FN3O2/c1-16-24(17(2)28(27-16)14-18-6-5-9-21(25)12-18)26-23(29)15-30-22-11-10-19-7-3-4-8-20(19)13-22/h3-13H,14-15H2,1-2H3,(H,26,29). The molecule has 1 amide bonds. The molecule has 1 aromatic heterocycles. The zero-order chi connectivity index (χ0) is 21.1. The van der Waals surface area contributed by atoms with Crippen molar-refractivity contribution in [3.63, 3.8) is 0 Å². The van der Waals surface area contributed by atoms with Crippen LogP contribution in [-0.2, 0) is 11.3 Å². The quantitative estimate of drug-likeness (QED) is 0.500. The average molecular weight is 403 g/mol. The lowest BCUT2D eigenvalue weighted by Crippen LogP contribution is -2.21. The highest BCUT2D eigenvalue weighted by molar-refractivity contribution is 5.93. The molecule has 152 valence electrons. The number of aryl methyl sites for hydroxylation is 1. The number of ether oxygens (including phenoxy) is 1. The van der Waals surface area contributed by atoms with Crippen LogP contribution >= 0.6 is 0 Å². The number of benzene rings is 3. The molecule has 0 bridgehead atoms. The van der Waals surface area contributed by atoms with Gasteiger partial charge in [-0.15, -0.1) is 0 Å². The minimum absolute atomic E-state index is 0.105. The van der Waals surface area contributed by atoms with E-state index >= 15 is 0 Å². The van der Waals surface area contributed by atoms with Crippen LogP contribution in [0.5, 0.6) is 5.75 Å². The van der Waals surface area contributed by atoms with E-state index in [1.165, 1.54) is 12.1 Å². The molecule has 0 radical (unpaired) electrons. The third kappa shape index (κ3) is 4.33. The molecule has 0 saturated carbocycles. The molecule has 30 heavy (non-hydrogen) atoms. The highest BCUT2D eigenvalue weighted by Crippen LogP contribution is 2.22. The summed E-state index contributed by atoms with van der Waals surface area (Å²) in [6, 6.07) is 20.1. The zero-order valence-corrected chi connectivity index (χ0v) is 16.9. The van der Waals surface area contributed by atoms with E-state index in [1.807, 2.05) is 62.4 Å². The van der Waals surface area contributed by atoms with Crippen LogP contribution in [0.2, 0.25) is 0 Å². The van der Waals surface area contributed by atoms with E-state index in [4.69, 9.17) is 4.74 Å². The summed E-state index contributed by atoms with van der Waals surface area (Å²) < 4.78 is 20.9. The predicted octanol–water partition coefficient (Wildman–Crippen LogP) is 4.86. The van der Waals surface area contributed by atoms with E-state index < -0.39 is 0 Å². The molecule has 0 fully saturated rings. The van der Waals surface area contributed by atoms with Crippen LogP contribution in [0.25, 0.3) is 10.8 Å². The van der Waals surface area contributed by atoms with Crippen molar-refractivity contribution in [1.29, 1.82) is 0 Å². The van der Waals surface area contributed by atoms with Gasteiger partial charge >= 0.3 is 0 Å². The molecule has 0 aliphatic carbocycles. The molecular formula is C24H22FN3O2. The summed E-state index contributed by atoms with van der Waals surface area (Å²) in [5, 5.41) is 9.53. The lowest BCUT2D eigenvalue weighted by Gasteiger charge is -2.09. The van der Waals surface area contributed by atoms with Crippen LogP contribution in [0.15, 0.2) is 66.7 Å². The number of hydrogen-bond donors (Lipinski definition) is 1. The maximum absolute atomic E-state index is 13.4. The topological polar surface area (TPSA) is 56.2 Å². The molecule has 4 rings (SSSR count). The van der Waals surface area contributed by atoms with E-state index in [1.54, 1.807) is 10.7 Å². The number of nitrogens with one attached hydrogen (secondary N) is 1. The van der Waals surface area contributed by atoms with Crippen molar-refractivity contribution in [2.75, 3.05) is 11.9 Å². The van der Waals surface area contributed by atoms with Gasteiger partial charge in [0.05, 0.1) is 23.6 Å². The zero-order valence-electron chi connectivity index (χ0n) is 16.9. The number of fused-ring (bicyclic) bond motifs is 1. The van der Waals surface area contributed by atoms with Crippen LogP contribution in [-0.4, -0.2) is 22.3 Å². The van der Waals surface area contributed by atoms with Crippen LogP contribution in [0, 0.1) is 19.7 Å². The fourth-order valence-corrected chi connectivity index (χ4v) is 3.42. The van der Waals surface area contributed by atoms with E-state index in [-0.39, 0.29) is 18.3 Å². The third-order valence-electron chi connectivity index (χ3n) is 4.96. The minimum atomic E-state index is -0.284. The second-order valence-corrected chi connectivity index (χ2v) is 7.18. The fraction of sp³-hybridized carbons (Fsp3) is 0.167. The van der Waals surface area contributed by atoms with Crippen LogP contribution in [0.4, 0.5) is 10.1 Å². The van der Waals surface area contributed by atoms with Gasteiger partial charge in [-0.25, -0.2) is 4.39 Å². The van der Waals surface area contributed by atoms with Gasteiger partial charge in [0, 0.05) is 0 Å². The van der Waals surface area contributed by atoms with Crippen molar-refractivity contribution in [3.05, 3.63) is 89.5 Å². The largest absolute Gasteiger partial charge is 0.484 e. The summed E-state index contributed by atoms with van der Waals surface area (Å²) in [4.78, 5) is 12.4. The van der Waals surface area contributed by atoms with Gasteiger partial charge in [0.25, 0.3) is 5.91 Å². The van der Waals surface area contributed by atoms with Gasteiger partial charge in [-0.05, 0) is 54.4 Å². The fourth-order valence-electron chi connectivity index (χ4n) is 3.42. The monoisotopic (exact) mass is 403 g/mol. The number of carbonyl (C=O) groups excluding carboxylic acids is 1. The molecule has 1 N–H and O–H groups in total. The molecule has 4 aromatic rings. The Bertz CT molecular complexity index is 1220. The lowest BCUT2D eigenvalue weighted by molar-refractivity contribution is -0.118. The van der Waals surface area contributed by atoms with Crippen molar-refractivity contribution in [3.8, 4) is 5.75 Å². The third-order valence-corrected chi connectivity index (χ3v) is 4.96. The molecule has 0 atom stereocenters. The molecule has 0 unspecified atom stereocenters. The Kier molecular flexibility index (Phi) is 5.48. The molecule has 0 aliphatic rings. The van der Waals surface area contributed by atoms with Crippen LogP contribution in [0.3, 0.4) is 0 Å². The number of rotatable bonds is 6. The first-order chi connectivity index (χ1) is 14.5. The minimum Gasteiger partial charge on any atom is -0.484 e. The Morgan fingerprint density at radius 3 is 2.63 bits per heavy atom. The van der Waals surface area contributed by atoms with E-state index in [0.29, 0.717) is 23.7 Å². The number of nitrogens with zero attached hydrogens (tertiary/aromatic N) is 2. The van der Waals surface area contributed by atoms with E-state index in [2.05, 4.69) is 10.4 Å². The predicted molar refractivity (Wildman–Crippen MR) is 115 cm³/mol. The van der Waals surface area contributed by atoms with E-state index in [9.17, 15) is 9.18 Å². The normalized spacial score (nSPS) is 10.9. The smallest absolute Gasteiger partial charge is 0.262 e. The molecule has 5 nitrogen and oxygen atoms in total. The number of amides is 1. The average Bonchev–Trinajstić information content (AvgIpc) is 2.99. The highest BCUT2D eigenvalue weighted by Gasteiger charge is 2.15. The number of anilines is 1. The first-order valence-corrected chi connectivity index (χ1v) is 9.69. The van der Waals surface area contributed by atoms with Gasteiger partial charge in [0.2, 0.25) is 0 Å². The first kappa shape index (κ1) is 19.6. The van der Waals surface area contributed by atoms with Gasteiger partial charge < -0.3 is 10.1 Å². The SMILES string of the molecule is Cc1nn(Cc2cccc(F)c2)c(C)c1NC(=O)COc1ccc2ccccc2c1. The van der Waals surface area contributed by atoms with Crippen molar-refractivity contribution >= 4 is 22.4 Å². The Hall–Kier alpha value is -3.67. The summed E-state index contributed by atoms with van der Waals surface area (Å²) in [6.07, 6.45) is 0. The Labute approximate surface area is 174 Å². The number of hydrogen-bond acceptors (Lipinski definition) is 3. The Morgan fingerprint density at radius 1 is 1.03 bits per heavy atom. The van der Waals surface area contributed by atoms with Crippen molar-refractivity contribution in [2.45, 2.75) is 20.4 Å². The molecule has 6 heteroatoms. The summed E-state index contributed by atoms with van der Waals surface area (Å²) in [7, 11) is 0. The van der Waals surface area contributed by atoms with Gasteiger partial charge in [-0.3, -0.25) is 9.48 Å². The summed E-state index contributed by atoms with van der Waals surface area (Å²) >= 11 is 0. The van der Waals surface area contributed by atoms with Gasteiger partial charge in [-0.2, -0.15) is 5.10 Å². The summed E-state index contributed by atoms with van der Waals surface area (Å²) in [6.45, 7) is 4.02. The molecule has 0 saturated heterocycles. The molecule has 0 aliphatic heterocycles. The second-order valence-electron chi connectivity index (χ2n) is 7.18. The van der Waals surface area contributed by atoms with Crippen molar-refractivity contribution < 1.29 is 13.9 Å². The number of aromatic nitrogens is 2. The Balaban J connectivity index is 1.41. The van der Waals surface area contributed by atoms with Gasteiger partial charge in [0.1, 0.15) is 11.6 Å². The molecular weight excluding hydrogens is 381 g/mol. The number of carbonyl (C=O) groups is 1. The lowest BCUT2D eigenvalue weighted by atomic mass is 10.1. The Morgan fingerprint density at radius 2 is 1.83 bits per heavy atom. The van der Waals surface area contributed by atoms with Crippen molar-refractivity contribution in [1.82, 2.24) is 9.78 Å². The maximum atomic E-state index is 13.4. The van der Waals surface area contributed by atoms with Crippen molar-refractivity contribution in [2.24, 2.45) is 0 Å². The molecule has 0 spiro atoms. The molecule has 1 heterocycles. The van der Waals surface area contributed by atoms with Crippen LogP contribution in [0.1, 0.15) is 17.0 Å². The highest BCUT2D eigenvalue weighted by atomic mass is 19.1.